The fourth-order valence-corrected chi connectivity index (χ4v) is 6.28. The minimum atomic E-state index is 0.727. The van der Waals surface area contributed by atoms with Crippen molar-refractivity contribution < 1.29 is 0 Å². The standard InChI is InChI=1S/C39H52/c1-26(2)30(7)28(5)17-19-36-21-32-13-9-11-15-34(32)23-38(36)25-39-24-35-16-12-10-14-33(35)22-37(39)20-18-29(6)31(8)27(3)4/h9-16,21-24,26-31H,17-20,25H2,1-8H3. The average molecular weight is 521 g/mol. The van der Waals surface area contributed by atoms with Gasteiger partial charge in [0.25, 0.3) is 0 Å². The molecule has 0 spiro atoms. The molecule has 0 aliphatic heterocycles. The van der Waals surface area contributed by atoms with Crippen LogP contribution < -0.4 is 0 Å². The Balaban J connectivity index is 1.69. The van der Waals surface area contributed by atoms with Gasteiger partial charge in [-0.1, -0.05) is 128 Å². The van der Waals surface area contributed by atoms with Crippen molar-refractivity contribution in [1.29, 1.82) is 0 Å². The lowest BCUT2D eigenvalue weighted by Gasteiger charge is -2.25. The predicted octanol–water partition coefficient (Wildman–Crippen LogP) is 11.3. The summed E-state index contributed by atoms with van der Waals surface area (Å²) < 4.78 is 0. The van der Waals surface area contributed by atoms with Crippen molar-refractivity contribution in [3.8, 4) is 0 Å². The van der Waals surface area contributed by atoms with Gasteiger partial charge in [-0.3, -0.25) is 0 Å². The van der Waals surface area contributed by atoms with Crippen molar-refractivity contribution in [2.24, 2.45) is 35.5 Å². The topological polar surface area (TPSA) is 0 Å². The van der Waals surface area contributed by atoms with Crippen LogP contribution in [0.25, 0.3) is 21.5 Å². The first-order valence-corrected chi connectivity index (χ1v) is 15.6. The van der Waals surface area contributed by atoms with Gasteiger partial charge in [-0.15, -0.1) is 0 Å². The summed E-state index contributed by atoms with van der Waals surface area (Å²) in [4.78, 5) is 0. The quantitative estimate of drug-likeness (QED) is 0.174. The van der Waals surface area contributed by atoms with Crippen molar-refractivity contribution in [3.63, 3.8) is 0 Å². The highest BCUT2D eigenvalue weighted by Gasteiger charge is 2.19. The van der Waals surface area contributed by atoms with E-state index in [2.05, 4.69) is 128 Å². The Hall–Kier alpha value is -2.60. The van der Waals surface area contributed by atoms with Gasteiger partial charge in [0.05, 0.1) is 0 Å². The smallest absolute Gasteiger partial charge is 0.00199 e. The monoisotopic (exact) mass is 520 g/mol. The molecule has 39 heavy (non-hydrogen) atoms. The summed E-state index contributed by atoms with van der Waals surface area (Å²) in [6.07, 6.45) is 5.83. The molecule has 0 N–H and O–H groups in total. The molecule has 4 unspecified atom stereocenters. The molecular formula is C39H52. The minimum Gasteiger partial charge on any atom is -0.0625 e. The fraction of sp³-hybridized carbons (Fsp3) is 0.487. The van der Waals surface area contributed by atoms with Gasteiger partial charge in [-0.25, -0.2) is 0 Å². The van der Waals surface area contributed by atoms with E-state index < -0.39 is 0 Å². The summed E-state index contributed by atoms with van der Waals surface area (Å²) in [6, 6.07) is 27.8. The number of aryl methyl sites for hydroxylation is 2. The third kappa shape index (κ3) is 7.33. The Morgan fingerprint density at radius 3 is 1.05 bits per heavy atom. The van der Waals surface area contributed by atoms with Crippen LogP contribution in [0.15, 0.2) is 72.8 Å². The Labute approximate surface area is 239 Å². The second-order valence-electron chi connectivity index (χ2n) is 13.4. The molecule has 0 fully saturated rings. The van der Waals surface area contributed by atoms with Crippen LogP contribution in [0.4, 0.5) is 0 Å². The second-order valence-corrected chi connectivity index (χ2v) is 13.4. The lowest BCUT2D eigenvalue weighted by Crippen LogP contribution is -2.15. The molecular weight excluding hydrogens is 468 g/mol. The Morgan fingerprint density at radius 2 is 0.744 bits per heavy atom. The highest BCUT2D eigenvalue weighted by Crippen LogP contribution is 2.31. The fourth-order valence-electron chi connectivity index (χ4n) is 6.28. The molecule has 4 aromatic carbocycles. The molecule has 0 radical (unpaired) electrons. The SMILES string of the molecule is CC(C)C(C)C(C)CCc1cc2ccccc2cc1Cc1cc2ccccc2cc1CCC(C)C(C)C(C)C. The molecule has 0 nitrogen and oxygen atoms in total. The van der Waals surface area contributed by atoms with Crippen molar-refractivity contribution in [2.75, 3.05) is 0 Å². The third-order valence-corrected chi connectivity index (χ3v) is 10.2. The maximum absolute atomic E-state index is 2.49. The molecule has 0 bridgehead atoms. The average Bonchev–Trinajstić information content (AvgIpc) is 2.93. The van der Waals surface area contributed by atoms with Crippen LogP contribution in [0.2, 0.25) is 0 Å². The lowest BCUT2D eigenvalue weighted by atomic mass is 9.81. The molecule has 0 aliphatic carbocycles. The summed E-state index contributed by atoms with van der Waals surface area (Å²) in [6.45, 7) is 19.2. The molecule has 208 valence electrons. The summed E-state index contributed by atoms with van der Waals surface area (Å²) in [5, 5.41) is 5.47. The van der Waals surface area contributed by atoms with Crippen molar-refractivity contribution in [2.45, 2.75) is 87.5 Å². The van der Waals surface area contributed by atoms with Crippen LogP contribution in [-0.2, 0) is 19.3 Å². The largest absolute Gasteiger partial charge is 0.0625 e. The van der Waals surface area contributed by atoms with E-state index >= 15 is 0 Å². The van der Waals surface area contributed by atoms with E-state index in [1.807, 2.05) is 0 Å². The molecule has 0 heteroatoms. The number of rotatable bonds is 12. The first kappa shape index (κ1) is 29.4. The van der Waals surface area contributed by atoms with Crippen LogP contribution in [0, 0.1) is 35.5 Å². The van der Waals surface area contributed by atoms with E-state index in [1.54, 1.807) is 0 Å². The summed E-state index contributed by atoms with van der Waals surface area (Å²) in [5.74, 6) is 4.41. The minimum absolute atomic E-state index is 0.727. The van der Waals surface area contributed by atoms with E-state index in [0.717, 1.165) is 54.8 Å². The number of hydrogen-bond acceptors (Lipinski definition) is 0. The molecule has 0 saturated carbocycles. The second kappa shape index (κ2) is 13.2. The van der Waals surface area contributed by atoms with Gasteiger partial charge in [0.15, 0.2) is 0 Å². The highest BCUT2D eigenvalue weighted by molar-refractivity contribution is 5.85. The number of hydrogen-bond donors (Lipinski definition) is 0. The van der Waals surface area contributed by atoms with Crippen LogP contribution in [-0.4, -0.2) is 0 Å². The molecule has 0 amide bonds. The van der Waals surface area contributed by atoms with Crippen molar-refractivity contribution in [1.82, 2.24) is 0 Å². The molecule has 4 rings (SSSR count). The summed E-state index contributed by atoms with van der Waals surface area (Å²) >= 11 is 0. The zero-order valence-electron chi connectivity index (χ0n) is 25.9. The normalized spacial score (nSPS) is 15.2. The van der Waals surface area contributed by atoms with E-state index in [9.17, 15) is 0 Å². The van der Waals surface area contributed by atoms with Gasteiger partial charge in [0.1, 0.15) is 0 Å². The first-order chi connectivity index (χ1) is 18.6. The zero-order chi connectivity index (χ0) is 28.1. The molecule has 0 aliphatic rings. The number of benzene rings is 4. The van der Waals surface area contributed by atoms with Crippen molar-refractivity contribution >= 4 is 21.5 Å². The van der Waals surface area contributed by atoms with Crippen LogP contribution in [0.3, 0.4) is 0 Å². The summed E-state index contributed by atoms with van der Waals surface area (Å²) in [7, 11) is 0. The van der Waals surface area contributed by atoms with Gasteiger partial charge in [0.2, 0.25) is 0 Å². The molecule has 4 aromatic rings. The Morgan fingerprint density at radius 1 is 0.436 bits per heavy atom. The molecule has 0 heterocycles. The van der Waals surface area contributed by atoms with E-state index in [-0.39, 0.29) is 0 Å². The maximum atomic E-state index is 2.49. The first-order valence-electron chi connectivity index (χ1n) is 15.6. The van der Waals surface area contributed by atoms with E-state index in [4.69, 9.17) is 0 Å². The van der Waals surface area contributed by atoms with Crippen LogP contribution in [0.5, 0.6) is 0 Å². The van der Waals surface area contributed by atoms with Crippen LogP contribution in [0.1, 0.15) is 90.5 Å². The molecule has 0 saturated heterocycles. The van der Waals surface area contributed by atoms with E-state index in [1.165, 1.54) is 56.6 Å². The third-order valence-electron chi connectivity index (χ3n) is 10.2. The lowest BCUT2D eigenvalue weighted by molar-refractivity contribution is 0.282. The highest BCUT2D eigenvalue weighted by atomic mass is 14.2. The van der Waals surface area contributed by atoms with Gasteiger partial charge in [-0.05, 0) is 111 Å². The van der Waals surface area contributed by atoms with Crippen LogP contribution >= 0.6 is 0 Å². The molecule has 4 atom stereocenters. The van der Waals surface area contributed by atoms with Crippen molar-refractivity contribution in [3.05, 3.63) is 95.1 Å². The van der Waals surface area contributed by atoms with Gasteiger partial charge in [-0.2, -0.15) is 0 Å². The van der Waals surface area contributed by atoms with Gasteiger partial charge in [0, 0.05) is 0 Å². The number of fused-ring (bicyclic) bond motifs is 2. The van der Waals surface area contributed by atoms with E-state index in [0.29, 0.717) is 0 Å². The van der Waals surface area contributed by atoms with Gasteiger partial charge >= 0.3 is 0 Å². The zero-order valence-corrected chi connectivity index (χ0v) is 25.9. The Kier molecular flexibility index (Phi) is 9.92. The molecule has 0 aromatic heterocycles. The summed E-state index contributed by atoms with van der Waals surface area (Å²) in [5.41, 5.74) is 6.10. The van der Waals surface area contributed by atoms with Gasteiger partial charge < -0.3 is 0 Å². The Bertz CT molecular complexity index is 1250. The predicted molar refractivity (Wildman–Crippen MR) is 174 cm³/mol. The maximum Gasteiger partial charge on any atom is -0.00199 e.